The van der Waals surface area contributed by atoms with Crippen molar-refractivity contribution >= 4 is 10.9 Å². The van der Waals surface area contributed by atoms with E-state index in [0.29, 0.717) is 10.9 Å². The minimum Gasteiger partial charge on any atom is -0.268 e. The minimum atomic E-state index is -0.166. The zero-order chi connectivity index (χ0) is 8.72. The van der Waals surface area contributed by atoms with Gasteiger partial charge in [0, 0.05) is 7.05 Å². The van der Waals surface area contributed by atoms with Gasteiger partial charge in [-0.05, 0) is 18.6 Å². The number of rotatable bonds is 0. The van der Waals surface area contributed by atoms with Gasteiger partial charge in [-0.3, -0.25) is 4.68 Å². The van der Waals surface area contributed by atoms with Gasteiger partial charge in [-0.15, -0.1) is 0 Å². The molecule has 1 aromatic heterocycles. The van der Waals surface area contributed by atoms with Crippen LogP contribution in [0.5, 0.6) is 0 Å². The maximum Gasteiger partial charge on any atom is 0.137 e. The van der Waals surface area contributed by atoms with E-state index in [2.05, 4.69) is 5.10 Å². The Labute approximate surface area is 69.6 Å². The Kier molecular flexibility index (Phi) is 1.40. The summed E-state index contributed by atoms with van der Waals surface area (Å²) in [5, 5.41) is 4.57. The van der Waals surface area contributed by atoms with E-state index in [1.54, 1.807) is 30.9 Å². The molecular weight excluding hydrogens is 155 g/mol. The molecule has 0 aliphatic rings. The molecule has 2 rings (SSSR count). The van der Waals surface area contributed by atoms with Gasteiger partial charge in [-0.2, -0.15) is 5.10 Å². The Balaban J connectivity index is 2.93. The van der Waals surface area contributed by atoms with Crippen molar-refractivity contribution in [1.82, 2.24) is 9.78 Å². The molecule has 0 radical (unpaired) electrons. The second-order valence-corrected chi connectivity index (χ2v) is 2.90. The van der Waals surface area contributed by atoms with Gasteiger partial charge < -0.3 is 0 Å². The van der Waals surface area contributed by atoms with Crippen molar-refractivity contribution in [2.45, 2.75) is 6.92 Å². The van der Waals surface area contributed by atoms with Crippen LogP contribution in [0.1, 0.15) is 5.56 Å². The van der Waals surface area contributed by atoms with Crippen molar-refractivity contribution in [2.75, 3.05) is 0 Å². The fourth-order valence-corrected chi connectivity index (χ4v) is 1.30. The van der Waals surface area contributed by atoms with E-state index in [1.807, 2.05) is 6.07 Å². The second-order valence-electron chi connectivity index (χ2n) is 2.90. The SMILES string of the molecule is Cc1ccc2c(cnn2C)c1F. The zero-order valence-electron chi connectivity index (χ0n) is 7.00. The van der Waals surface area contributed by atoms with Gasteiger partial charge >= 0.3 is 0 Å². The molecule has 2 aromatic rings. The molecule has 1 aromatic carbocycles. The molecule has 0 saturated heterocycles. The maximum atomic E-state index is 13.4. The van der Waals surface area contributed by atoms with Crippen molar-refractivity contribution in [3.05, 3.63) is 29.7 Å². The first-order chi connectivity index (χ1) is 5.70. The third-order valence-corrected chi connectivity index (χ3v) is 2.06. The highest BCUT2D eigenvalue weighted by Crippen LogP contribution is 2.19. The zero-order valence-corrected chi connectivity index (χ0v) is 7.00. The lowest BCUT2D eigenvalue weighted by Crippen LogP contribution is -1.89. The molecular formula is C9H9FN2. The molecule has 0 saturated carbocycles. The smallest absolute Gasteiger partial charge is 0.137 e. The summed E-state index contributed by atoms with van der Waals surface area (Å²) in [7, 11) is 1.80. The number of benzene rings is 1. The van der Waals surface area contributed by atoms with Crippen molar-refractivity contribution in [3.63, 3.8) is 0 Å². The lowest BCUT2D eigenvalue weighted by atomic mass is 10.2. The topological polar surface area (TPSA) is 17.8 Å². The van der Waals surface area contributed by atoms with Crippen molar-refractivity contribution < 1.29 is 4.39 Å². The number of hydrogen-bond donors (Lipinski definition) is 0. The summed E-state index contributed by atoms with van der Waals surface area (Å²) < 4.78 is 15.0. The highest BCUT2D eigenvalue weighted by Gasteiger charge is 2.06. The maximum absolute atomic E-state index is 13.4. The molecule has 0 fully saturated rings. The molecule has 2 nitrogen and oxygen atoms in total. The van der Waals surface area contributed by atoms with Crippen LogP contribution in [0, 0.1) is 12.7 Å². The molecule has 0 aliphatic carbocycles. The molecule has 3 heteroatoms. The Morgan fingerprint density at radius 1 is 1.42 bits per heavy atom. The number of fused-ring (bicyclic) bond motifs is 1. The van der Waals surface area contributed by atoms with Crippen LogP contribution in [0.3, 0.4) is 0 Å². The molecule has 1 heterocycles. The van der Waals surface area contributed by atoms with Crippen molar-refractivity contribution in [3.8, 4) is 0 Å². The van der Waals surface area contributed by atoms with Crippen LogP contribution in [0.2, 0.25) is 0 Å². The van der Waals surface area contributed by atoms with Gasteiger partial charge in [0.2, 0.25) is 0 Å². The summed E-state index contributed by atoms with van der Waals surface area (Å²) in [6.45, 7) is 1.75. The van der Waals surface area contributed by atoms with Crippen LogP contribution in [-0.2, 0) is 7.05 Å². The van der Waals surface area contributed by atoms with Gasteiger partial charge in [-0.1, -0.05) is 6.07 Å². The standard InChI is InChI=1S/C9H9FN2/c1-6-3-4-8-7(9(6)10)5-11-12(8)2/h3-5H,1-2H3. The van der Waals surface area contributed by atoms with Crippen molar-refractivity contribution in [1.29, 1.82) is 0 Å². The van der Waals surface area contributed by atoms with Gasteiger partial charge in [0.25, 0.3) is 0 Å². The average molecular weight is 164 g/mol. The molecule has 0 aliphatic heterocycles. The largest absolute Gasteiger partial charge is 0.268 e. The van der Waals surface area contributed by atoms with Crippen molar-refractivity contribution in [2.24, 2.45) is 7.05 Å². The monoisotopic (exact) mass is 164 g/mol. The average Bonchev–Trinajstić information content (AvgIpc) is 2.41. The van der Waals surface area contributed by atoms with Gasteiger partial charge in [0.1, 0.15) is 5.82 Å². The highest BCUT2D eigenvalue weighted by molar-refractivity contribution is 5.79. The predicted octanol–water partition coefficient (Wildman–Crippen LogP) is 2.02. The van der Waals surface area contributed by atoms with Gasteiger partial charge in [-0.25, -0.2) is 4.39 Å². The van der Waals surface area contributed by atoms with E-state index in [-0.39, 0.29) is 5.82 Å². The van der Waals surface area contributed by atoms with E-state index in [0.717, 1.165) is 5.52 Å². The summed E-state index contributed by atoms with van der Waals surface area (Å²) in [6.07, 6.45) is 1.55. The van der Waals surface area contributed by atoms with E-state index >= 15 is 0 Å². The summed E-state index contributed by atoms with van der Waals surface area (Å²) in [4.78, 5) is 0. The number of hydrogen-bond acceptors (Lipinski definition) is 1. The van der Waals surface area contributed by atoms with E-state index in [9.17, 15) is 4.39 Å². The number of nitrogens with zero attached hydrogens (tertiary/aromatic N) is 2. The summed E-state index contributed by atoms with van der Waals surface area (Å²) >= 11 is 0. The molecule has 0 amide bonds. The molecule has 62 valence electrons. The van der Waals surface area contributed by atoms with Crippen LogP contribution < -0.4 is 0 Å². The molecule has 0 unspecified atom stereocenters. The molecule has 0 spiro atoms. The molecule has 0 bridgehead atoms. The van der Waals surface area contributed by atoms with Crippen LogP contribution in [0.15, 0.2) is 18.3 Å². The Morgan fingerprint density at radius 2 is 2.17 bits per heavy atom. The fraction of sp³-hybridized carbons (Fsp3) is 0.222. The number of aryl methyl sites for hydroxylation is 2. The van der Waals surface area contributed by atoms with Crippen LogP contribution in [0.4, 0.5) is 4.39 Å². The number of halogens is 1. The summed E-state index contributed by atoms with van der Waals surface area (Å²) in [5.41, 5.74) is 1.49. The third kappa shape index (κ3) is 0.826. The first-order valence-electron chi connectivity index (χ1n) is 3.77. The van der Waals surface area contributed by atoms with E-state index in [1.165, 1.54) is 0 Å². The van der Waals surface area contributed by atoms with Crippen LogP contribution in [0.25, 0.3) is 10.9 Å². The fourth-order valence-electron chi connectivity index (χ4n) is 1.30. The third-order valence-electron chi connectivity index (χ3n) is 2.06. The van der Waals surface area contributed by atoms with Crippen LogP contribution >= 0.6 is 0 Å². The second kappa shape index (κ2) is 2.30. The van der Waals surface area contributed by atoms with Gasteiger partial charge in [0.05, 0.1) is 17.1 Å². The Bertz CT molecular complexity index is 431. The van der Waals surface area contributed by atoms with Gasteiger partial charge in [0.15, 0.2) is 0 Å². The van der Waals surface area contributed by atoms with E-state index < -0.39 is 0 Å². The first-order valence-corrected chi connectivity index (χ1v) is 3.77. The van der Waals surface area contributed by atoms with Crippen LogP contribution in [-0.4, -0.2) is 9.78 Å². The quantitative estimate of drug-likeness (QED) is 0.582. The Morgan fingerprint density at radius 3 is 2.92 bits per heavy atom. The lowest BCUT2D eigenvalue weighted by Gasteiger charge is -1.97. The molecule has 0 atom stereocenters. The lowest BCUT2D eigenvalue weighted by molar-refractivity contribution is 0.630. The summed E-state index contributed by atoms with van der Waals surface area (Å²) in [6, 6.07) is 3.64. The minimum absolute atomic E-state index is 0.166. The Hall–Kier alpha value is -1.38. The number of aromatic nitrogens is 2. The summed E-state index contributed by atoms with van der Waals surface area (Å²) in [5.74, 6) is -0.166. The van der Waals surface area contributed by atoms with E-state index in [4.69, 9.17) is 0 Å². The molecule has 12 heavy (non-hydrogen) atoms. The predicted molar refractivity (Wildman–Crippen MR) is 45.4 cm³/mol. The normalized spacial score (nSPS) is 10.9. The first kappa shape index (κ1) is 7.28. The highest BCUT2D eigenvalue weighted by atomic mass is 19.1. The molecule has 0 N–H and O–H groups in total.